The highest BCUT2D eigenvalue weighted by atomic mass is 16.5. The number of carbonyl (C=O) groups excluding carboxylic acids is 3. The van der Waals surface area contributed by atoms with Gasteiger partial charge in [-0.05, 0) is 33.3 Å². The number of benzene rings is 1. The summed E-state index contributed by atoms with van der Waals surface area (Å²) >= 11 is 0. The molecule has 0 saturated heterocycles. The lowest BCUT2D eigenvalue weighted by Crippen LogP contribution is -2.42. The smallest absolute Gasteiger partial charge is 0.325 e. The van der Waals surface area contributed by atoms with Crippen molar-refractivity contribution in [2.75, 3.05) is 13.2 Å². The molecular weight excluding hydrogens is 270 g/mol. The molecule has 114 valence electrons. The van der Waals surface area contributed by atoms with Crippen LogP contribution in [0.1, 0.15) is 47.1 Å². The zero-order valence-electron chi connectivity index (χ0n) is 12.9. The lowest BCUT2D eigenvalue weighted by molar-refractivity contribution is -0.144. The highest BCUT2D eigenvalue weighted by Gasteiger charge is 2.25. The van der Waals surface area contributed by atoms with E-state index in [0.29, 0.717) is 23.0 Å². The van der Waals surface area contributed by atoms with Crippen molar-refractivity contribution < 1.29 is 19.1 Å². The summed E-state index contributed by atoms with van der Waals surface area (Å²) < 4.78 is 4.89. The third kappa shape index (κ3) is 4.15. The second kappa shape index (κ2) is 7.57. The van der Waals surface area contributed by atoms with Crippen LogP contribution >= 0.6 is 0 Å². The minimum absolute atomic E-state index is 0.128. The van der Waals surface area contributed by atoms with Crippen LogP contribution in [0.5, 0.6) is 0 Å². The summed E-state index contributed by atoms with van der Waals surface area (Å²) in [6.45, 7) is 7.25. The van der Waals surface area contributed by atoms with Gasteiger partial charge >= 0.3 is 5.97 Å². The van der Waals surface area contributed by atoms with E-state index in [-0.39, 0.29) is 25.1 Å². The van der Waals surface area contributed by atoms with Crippen LogP contribution in [-0.4, -0.2) is 42.3 Å². The molecule has 5 nitrogen and oxygen atoms in total. The zero-order chi connectivity index (χ0) is 16.0. The zero-order valence-corrected chi connectivity index (χ0v) is 12.9. The molecule has 0 bridgehead atoms. The first-order chi connectivity index (χ1) is 9.92. The van der Waals surface area contributed by atoms with Crippen molar-refractivity contribution in [1.82, 2.24) is 4.90 Å². The van der Waals surface area contributed by atoms with Crippen LogP contribution in [0.2, 0.25) is 0 Å². The summed E-state index contributed by atoms with van der Waals surface area (Å²) in [7, 11) is 0. The van der Waals surface area contributed by atoms with E-state index in [4.69, 9.17) is 4.74 Å². The Balaban J connectivity index is 3.13. The molecule has 1 amide bonds. The molecular formula is C16H21NO4. The van der Waals surface area contributed by atoms with Crippen LogP contribution in [0.4, 0.5) is 0 Å². The molecule has 0 unspecified atom stereocenters. The van der Waals surface area contributed by atoms with Gasteiger partial charge in [0.1, 0.15) is 6.54 Å². The third-order valence-corrected chi connectivity index (χ3v) is 3.13. The average molecular weight is 291 g/mol. The molecule has 0 aliphatic rings. The van der Waals surface area contributed by atoms with Gasteiger partial charge in [0.2, 0.25) is 0 Å². The maximum absolute atomic E-state index is 12.7. The van der Waals surface area contributed by atoms with Crippen molar-refractivity contribution >= 4 is 18.2 Å². The molecule has 0 atom stereocenters. The van der Waals surface area contributed by atoms with Crippen LogP contribution < -0.4 is 0 Å². The van der Waals surface area contributed by atoms with Crippen molar-refractivity contribution in [2.45, 2.75) is 33.7 Å². The van der Waals surface area contributed by atoms with Gasteiger partial charge in [-0.25, -0.2) is 0 Å². The lowest BCUT2D eigenvalue weighted by Gasteiger charge is -2.27. The second-order valence-electron chi connectivity index (χ2n) is 4.99. The maximum Gasteiger partial charge on any atom is 0.325 e. The van der Waals surface area contributed by atoms with Gasteiger partial charge in [0, 0.05) is 11.6 Å². The number of ether oxygens (including phenoxy) is 1. The Morgan fingerprint density at radius 1 is 1.33 bits per heavy atom. The number of aldehydes is 1. The summed E-state index contributed by atoms with van der Waals surface area (Å²) in [4.78, 5) is 36.9. The molecule has 0 aliphatic heterocycles. The second-order valence-corrected chi connectivity index (χ2v) is 4.99. The van der Waals surface area contributed by atoms with Crippen molar-refractivity contribution in [3.8, 4) is 0 Å². The average Bonchev–Trinajstić information content (AvgIpc) is 2.43. The van der Waals surface area contributed by atoms with Crippen molar-refractivity contribution in [1.29, 1.82) is 0 Å². The van der Waals surface area contributed by atoms with Gasteiger partial charge in [-0.15, -0.1) is 0 Å². The molecule has 0 aliphatic carbocycles. The monoisotopic (exact) mass is 291 g/mol. The summed E-state index contributed by atoms with van der Waals surface area (Å²) in [6.07, 6.45) is 0.656. The van der Waals surface area contributed by atoms with E-state index in [1.165, 1.54) is 4.90 Å². The van der Waals surface area contributed by atoms with Crippen LogP contribution in [-0.2, 0) is 9.53 Å². The molecule has 0 N–H and O–H groups in total. The van der Waals surface area contributed by atoms with E-state index in [1.807, 2.05) is 13.8 Å². The maximum atomic E-state index is 12.7. The first kappa shape index (κ1) is 16.9. The number of aryl methyl sites for hydroxylation is 1. The van der Waals surface area contributed by atoms with Crippen LogP contribution in [0.15, 0.2) is 18.2 Å². The predicted molar refractivity (Wildman–Crippen MR) is 79.4 cm³/mol. The Hall–Kier alpha value is -2.17. The molecule has 0 radical (unpaired) electrons. The number of esters is 1. The largest absolute Gasteiger partial charge is 0.465 e. The molecule has 0 fully saturated rings. The van der Waals surface area contributed by atoms with E-state index in [2.05, 4.69) is 0 Å². The first-order valence-corrected chi connectivity index (χ1v) is 6.93. The van der Waals surface area contributed by atoms with Gasteiger partial charge in [0.05, 0.1) is 12.2 Å². The van der Waals surface area contributed by atoms with E-state index < -0.39 is 5.97 Å². The summed E-state index contributed by atoms with van der Waals surface area (Å²) in [5, 5.41) is 0. The van der Waals surface area contributed by atoms with Gasteiger partial charge in [0.25, 0.3) is 5.91 Å². The molecule has 5 heteroatoms. The number of rotatable bonds is 6. The van der Waals surface area contributed by atoms with Crippen LogP contribution in [0, 0.1) is 6.92 Å². The number of nitrogens with zero attached hydrogens (tertiary/aromatic N) is 1. The highest BCUT2D eigenvalue weighted by Crippen LogP contribution is 2.17. The Morgan fingerprint density at radius 3 is 2.52 bits per heavy atom. The van der Waals surface area contributed by atoms with Gasteiger partial charge < -0.3 is 9.64 Å². The molecule has 1 aromatic rings. The topological polar surface area (TPSA) is 63.7 Å². The molecule has 1 aromatic carbocycles. The number of amides is 1. The van der Waals surface area contributed by atoms with Gasteiger partial charge in [0.15, 0.2) is 6.29 Å². The highest BCUT2D eigenvalue weighted by molar-refractivity contribution is 6.03. The summed E-state index contributed by atoms with van der Waals surface area (Å²) in [5.41, 5.74) is 1.37. The Morgan fingerprint density at radius 2 is 2.00 bits per heavy atom. The summed E-state index contributed by atoms with van der Waals surface area (Å²) in [5.74, 6) is -0.793. The Labute approximate surface area is 124 Å². The molecule has 0 saturated carbocycles. The quantitative estimate of drug-likeness (QED) is 0.595. The molecule has 0 spiro atoms. The fourth-order valence-corrected chi connectivity index (χ4v) is 2.06. The fourth-order valence-electron chi connectivity index (χ4n) is 2.06. The Bertz CT molecular complexity index is 537. The number of carbonyl (C=O) groups is 3. The third-order valence-electron chi connectivity index (χ3n) is 3.13. The fraction of sp³-hybridized carbons (Fsp3) is 0.438. The van der Waals surface area contributed by atoms with Gasteiger partial charge in [-0.3, -0.25) is 14.4 Å². The van der Waals surface area contributed by atoms with Crippen molar-refractivity contribution in [3.05, 3.63) is 34.9 Å². The van der Waals surface area contributed by atoms with E-state index in [1.54, 1.807) is 32.0 Å². The molecule has 21 heavy (non-hydrogen) atoms. The number of hydrogen-bond acceptors (Lipinski definition) is 4. The minimum Gasteiger partial charge on any atom is -0.465 e. The van der Waals surface area contributed by atoms with Crippen LogP contribution in [0.3, 0.4) is 0 Å². The molecule has 1 rings (SSSR count). The standard InChI is InChI=1S/C16H21NO4/c1-5-21-14(19)9-17(11(2)3)16(20)15-12(4)7-6-8-13(15)10-18/h6-8,10-11H,5,9H2,1-4H3. The van der Waals surface area contributed by atoms with Gasteiger partial charge in [-0.1, -0.05) is 18.2 Å². The van der Waals surface area contributed by atoms with Gasteiger partial charge in [-0.2, -0.15) is 0 Å². The number of hydrogen-bond donors (Lipinski definition) is 0. The summed E-state index contributed by atoms with van der Waals surface area (Å²) in [6, 6.07) is 4.90. The van der Waals surface area contributed by atoms with Crippen molar-refractivity contribution in [2.24, 2.45) is 0 Å². The van der Waals surface area contributed by atoms with Crippen molar-refractivity contribution in [3.63, 3.8) is 0 Å². The van der Waals surface area contributed by atoms with E-state index >= 15 is 0 Å². The predicted octanol–water partition coefficient (Wildman–Crippen LogP) is 2.22. The Kier molecular flexibility index (Phi) is 6.09. The minimum atomic E-state index is -0.458. The lowest BCUT2D eigenvalue weighted by atomic mass is 10.0. The van der Waals surface area contributed by atoms with E-state index in [9.17, 15) is 14.4 Å². The van der Waals surface area contributed by atoms with E-state index in [0.717, 1.165) is 0 Å². The van der Waals surface area contributed by atoms with Crippen LogP contribution in [0.25, 0.3) is 0 Å². The SMILES string of the molecule is CCOC(=O)CN(C(=O)c1c(C)cccc1C=O)C(C)C. The molecule has 0 aromatic heterocycles. The normalized spacial score (nSPS) is 10.3. The molecule has 0 heterocycles. The first-order valence-electron chi connectivity index (χ1n) is 6.93.